The zero-order chi connectivity index (χ0) is 30.5. The van der Waals surface area contributed by atoms with Crippen LogP contribution in [0.3, 0.4) is 0 Å². The Hall–Kier alpha value is -5.77. The minimum Gasteiger partial charge on any atom is -0.310 e. The molecular weight excluding hydrogens is 577 g/mol. The molecule has 0 unspecified atom stereocenters. The van der Waals surface area contributed by atoms with E-state index in [0.717, 1.165) is 21.9 Å². The number of fused-ring (bicyclic) bond motifs is 6. The summed E-state index contributed by atoms with van der Waals surface area (Å²) in [5.74, 6) is 0. The molecule has 46 heavy (non-hydrogen) atoms. The molecular formula is C43H28N2S. The number of thiophene rings is 1. The fourth-order valence-electron chi connectivity index (χ4n) is 6.70. The summed E-state index contributed by atoms with van der Waals surface area (Å²) in [6.07, 6.45) is 1.87. The van der Waals surface area contributed by atoms with Gasteiger partial charge >= 0.3 is 0 Å². The van der Waals surface area contributed by atoms with Crippen LogP contribution >= 0.6 is 11.3 Å². The monoisotopic (exact) mass is 604 g/mol. The zero-order valence-corrected chi connectivity index (χ0v) is 25.8. The first-order valence-corrected chi connectivity index (χ1v) is 16.4. The van der Waals surface area contributed by atoms with Gasteiger partial charge in [-0.15, -0.1) is 11.3 Å². The van der Waals surface area contributed by atoms with Gasteiger partial charge in [-0.3, -0.25) is 0 Å². The minimum absolute atomic E-state index is 1.07. The topological polar surface area (TPSA) is 16.1 Å². The Morgan fingerprint density at radius 1 is 0.413 bits per heavy atom. The number of hydrogen-bond acceptors (Lipinski definition) is 3. The molecule has 0 bridgehead atoms. The lowest BCUT2D eigenvalue weighted by Crippen LogP contribution is -2.09. The summed E-state index contributed by atoms with van der Waals surface area (Å²) in [6.45, 7) is 0. The number of nitrogens with zero attached hydrogens (tertiary/aromatic N) is 2. The number of pyridine rings is 1. The molecule has 0 saturated carbocycles. The Kier molecular flexibility index (Phi) is 6.36. The predicted octanol–water partition coefficient (Wildman–Crippen LogP) is 12.6. The molecule has 3 heteroatoms. The molecule has 7 aromatic carbocycles. The second-order valence-corrected chi connectivity index (χ2v) is 12.7. The highest BCUT2D eigenvalue weighted by atomic mass is 32.1. The normalized spacial score (nSPS) is 11.5. The number of aromatic nitrogens is 1. The standard InChI is InChI=1S/C43H28N2S/c1-2-9-29(10-3-1)30-16-20-33(21-17-30)45(35-24-25-39-40-15-8-26-44-43(40)46-42(39)28-35)34-22-18-31(19-23-34)41-27-32-11-4-5-12-36(32)37-13-6-7-14-38(37)41/h1-28H. The molecule has 2 heterocycles. The Bertz CT molecular complexity index is 2510. The Morgan fingerprint density at radius 3 is 1.80 bits per heavy atom. The van der Waals surface area contributed by atoms with Gasteiger partial charge in [-0.05, 0) is 98.4 Å². The number of benzene rings is 7. The van der Waals surface area contributed by atoms with Gasteiger partial charge in [-0.2, -0.15) is 0 Å². The molecule has 0 saturated heterocycles. The fourth-order valence-corrected chi connectivity index (χ4v) is 7.78. The maximum absolute atomic E-state index is 4.63. The molecule has 9 rings (SSSR count). The van der Waals surface area contributed by atoms with Crippen molar-refractivity contribution in [3.05, 3.63) is 170 Å². The van der Waals surface area contributed by atoms with Crippen LogP contribution in [0.4, 0.5) is 17.1 Å². The fraction of sp³-hybridized carbons (Fsp3) is 0. The smallest absolute Gasteiger partial charge is 0.124 e. The number of rotatable bonds is 5. The van der Waals surface area contributed by atoms with Crippen molar-refractivity contribution in [3.8, 4) is 22.3 Å². The molecule has 0 atom stereocenters. The highest BCUT2D eigenvalue weighted by molar-refractivity contribution is 7.25. The average Bonchev–Trinajstić information content (AvgIpc) is 3.50. The summed E-state index contributed by atoms with van der Waals surface area (Å²) in [5.41, 5.74) is 8.22. The van der Waals surface area contributed by atoms with Crippen molar-refractivity contribution in [3.63, 3.8) is 0 Å². The van der Waals surface area contributed by atoms with E-state index in [4.69, 9.17) is 0 Å². The summed E-state index contributed by atoms with van der Waals surface area (Å²) in [7, 11) is 0. The van der Waals surface area contributed by atoms with Crippen LogP contribution in [0.1, 0.15) is 0 Å². The Balaban J connectivity index is 1.18. The molecule has 0 aliphatic carbocycles. The molecule has 0 fully saturated rings. The van der Waals surface area contributed by atoms with E-state index < -0.39 is 0 Å². The van der Waals surface area contributed by atoms with Gasteiger partial charge in [0.15, 0.2) is 0 Å². The van der Waals surface area contributed by atoms with Gasteiger partial charge in [-0.25, -0.2) is 4.98 Å². The molecule has 0 N–H and O–H groups in total. The molecule has 2 aromatic heterocycles. The zero-order valence-electron chi connectivity index (χ0n) is 25.0. The maximum Gasteiger partial charge on any atom is 0.124 e. The second-order valence-electron chi connectivity index (χ2n) is 11.6. The van der Waals surface area contributed by atoms with Crippen LogP contribution in [0, 0.1) is 0 Å². The van der Waals surface area contributed by atoms with Crippen LogP contribution < -0.4 is 4.90 Å². The van der Waals surface area contributed by atoms with Crippen LogP contribution in [0.15, 0.2) is 170 Å². The van der Waals surface area contributed by atoms with E-state index in [1.165, 1.54) is 59.3 Å². The van der Waals surface area contributed by atoms with E-state index in [2.05, 4.69) is 168 Å². The van der Waals surface area contributed by atoms with Gasteiger partial charge < -0.3 is 4.90 Å². The predicted molar refractivity (Wildman–Crippen MR) is 198 cm³/mol. The van der Waals surface area contributed by atoms with Crippen molar-refractivity contribution in [2.75, 3.05) is 4.90 Å². The molecule has 2 nitrogen and oxygen atoms in total. The minimum atomic E-state index is 1.07. The van der Waals surface area contributed by atoms with E-state index in [-0.39, 0.29) is 0 Å². The van der Waals surface area contributed by atoms with Crippen LogP contribution in [-0.2, 0) is 0 Å². The van der Waals surface area contributed by atoms with Crippen LogP contribution in [0.2, 0.25) is 0 Å². The van der Waals surface area contributed by atoms with Crippen molar-refractivity contribution < 1.29 is 0 Å². The third kappa shape index (κ3) is 4.52. The largest absolute Gasteiger partial charge is 0.310 e. The van der Waals surface area contributed by atoms with Crippen molar-refractivity contribution in [2.24, 2.45) is 0 Å². The van der Waals surface area contributed by atoms with E-state index in [1.807, 2.05) is 12.3 Å². The van der Waals surface area contributed by atoms with Crippen molar-refractivity contribution in [1.29, 1.82) is 0 Å². The molecule has 0 aliphatic rings. The average molecular weight is 605 g/mol. The molecule has 216 valence electrons. The van der Waals surface area contributed by atoms with E-state index in [1.54, 1.807) is 11.3 Å². The first kappa shape index (κ1) is 26.6. The van der Waals surface area contributed by atoms with Crippen LogP contribution in [0.25, 0.3) is 64.1 Å². The number of anilines is 3. The lowest BCUT2D eigenvalue weighted by atomic mass is 9.93. The van der Waals surface area contributed by atoms with Crippen LogP contribution in [0.5, 0.6) is 0 Å². The van der Waals surface area contributed by atoms with Crippen LogP contribution in [-0.4, -0.2) is 4.98 Å². The van der Waals surface area contributed by atoms with Gasteiger partial charge in [0.1, 0.15) is 4.83 Å². The van der Waals surface area contributed by atoms with Gasteiger partial charge in [0, 0.05) is 38.7 Å². The third-order valence-corrected chi connectivity index (χ3v) is 10.0. The van der Waals surface area contributed by atoms with Crippen molar-refractivity contribution in [1.82, 2.24) is 4.98 Å². The SMILES string of the molecule is c1ccc(-c2ccc(N(c3ccc(-c4cc5ccccc5c5ccccc45)cc3)c3ccc4c(c3)sc3ncccc34)cc2)cc1. The summed E-state index contributed by atoms with van der Waals surface area (Å²) in [6, 6.07) is 59.2. The van der Waals surface area contributed by atoms with Gasteiger partial charge in [0.05, 0.1) is 0 Å². The Labute approximate surface area is 271 Å². The van der Waals surface area contributed by atoms with E-state index in [0.29, 0.717) is 0 Å². The van der Waals surface area contributed by atoms with Gasteiger partial charge in [-0.1, -0.05) is 109 Å². The first-order valence-electron chi connectivity index (χ1n) is 15.5. The highest BCUT2D eigenvalue weighted by Crippen LogP contribution is 2.42. The number of hydrogen-bond donors (Lipinski definition) is 0. The highest BCUT2D eigenvalue weighted by Gasteiger charge is 2.16. The van der Waals surface area contributed by atoms with Gasteiger partial charge in [0.25, 0.3) is 0 Å². The van der Waals surface area contributed by atoms with Crippen molar-refractivity contribution in [2.45, 2.75) is 0 Å². The Morgan fingerprint density at radius 2 is 1.02 bits per heavy atom. The summed E-state index contributed by atoms with van der Waals surface area (Å²) in [5, 5.41) is 7.55. The quantitative estimate of drug-likeness (QED) is 0.182. The summed E-state index contributed by atoms with van der Waals surface area (Å²) in [4.78, 5) is 8.06. The lowest BCUT2D eigenvalue weighted by molar-refractivity contribution is 1.29. The van der Waals surface area contributed by atoms with Crippen molar-refractivity contribution >= 4 is 70.2 Å². The molecule has 0 radical (unpaired) electrons. The van der Waals surface area contributed by atoms with E-state index in [9.17, 15) is 0 Å². The summed E-state index contributed by atoms with van der Waals surface area (Å²) < 4.78 is 1.23. The second kappa shape index (κ2) is 11.0. The first-order chi connectivity index (χ1) is 22.8. The molecule has 0 amide bonds. The molecule has 9 aromatic rings. The van der Waals surface area contributed by atoms with Gasteiger partial charge in [0.2, 0.25) is 0 Å². The molecule has 0 spiro atoms. The third-order valence-electron chi connectivity index (χ3n) is 8.93. The summed E-state index contributed by atoms with van der Waals surface area (Å²) >= 11 is 1.75. The molecule has 0 aliphatic heterocycles. The lowest BCUT2D eigenvalue weighted by Gasteiger charge is -2.26. The maximum atomic E-state index is 4.63. The van der Waals surface area contributed by atoms with E-state index >= 15 is 0 Å².